The van der Waals surface area contributed by atoms with Crippen molar-refractivity contribution in [1.82, 2.24) is 19.8 Å². The van der Waals surface area contributed by atoms with Gasteiger partial charge in [0.1, 0.15) is 0 Å². The topological polar surface area (TPSA) is 33.1 Å². The summed E-state index contributed by atoms with van der Waals surface area (Å²) in [4.78, 5) is 6.35. The molecule has 1 heterocycles. The molecule has 114 valence electrons. The minimum absolute atomic E-state index is 0.302. The van der Waals surface area contributed by atoms with E-state index in [9.17, 15) is 0 Å². The van der Waals surface area contributed by atoms with Gasteiger partial charge < -0.3 is 14.8 Å². The molecule has 0 saturated carbocycles. The fourth-order valence-corrected chi connectivity index (χ4v) is 2.80. The Morgan fingerprint density at radius 1 is 1.29 bits per heavy atom. The lowest BCUT2D eigenvalue weighted by atomic mass is 9.99. The molecular formula is C16H23ClN4. The van der Waals surface area contributed by atoms with Crippen LogP contribution in [-0.4, -0.2) is 34.6 Å². The number of aromatic nitrogens is 2. The molecule has 2 atom stereocenters. The van der Waals surface area contributed by atoms with Crippen LogP contribution in [0.2, 0.25) is 5.28 Å². The lowest BCUT2D eigenvalue weighted by Gasteiger charge is -2.31. The van der Waals surface area contributed by atoms with Crippen LogP contribution in [0.4, 0.5) is 0 Å². The highest BCUT2D eigenvalue weighted by Crippen LogP contribution is 2.22. The van der Waals surface area contributed by atoms with Crippen molar-refractivity contribution in [2.24, 2.45) is 7.05 Å². The predicted molar refractivity (Wildman–Crippen MR) is 87.4 cm³/mol. The average Bonchev–Trinajstić information content (AvgIpc) is 2.77. The molecule has 0 fully saturated rings. The van der Waals surface area contributed by atoms with Gasteiger partial charge in [-0.1, -0.05) is 30.3 Å². The summed E-state index contributed by atoms with van der Waals surface area (Å²) in [6, 6.07) is 11.2. The fraction of sp³-hybridized carbons (Fsp3) is 0.438. The first-order chi connectivity index (χ1) is 10.0. The number of nitrogens with one attached hydrogen (secondary N) is 1. The van der Waals surface area contributed by atoms with E-state index < -0.39 is 0 Å². The summed E-state index contributed by atoms with van der Waals surface area (Å²) >= 11 is 5.97. The van der Waals surface area contributed by atoms with Crippen molar-refractivity contribution in [3.8, 4) is 0 Å². The summed E-state index contributed by atoms with van der Waals surface area (Å²) in [6.07, 6.45) is 1.81. The maximum absolute atomic E-state index is 5.97. The third-order valence-electron chi connectivity index (χ3n) is 3.80. The van der Waals surface area contributed by atoms with E-state index in [4.69, 9.17) is 11.6 Å². The van der Waals surface area contributed by atoms with E-state index >= 15 is 0 Å². The smallest absolute Gasteiger partial charge is 0.202 e. The van der Waals surface area contributed by atoms with E-state index in [0.29, 0.717) is 17.4 Å². The monoisotopic (exact) mass is 306 g/mol. The molecule has 4 nitrogen and oxygen atoms in total. The first-order valence-corrected chi connectivity index (χ1v) is 7.49. The normalized spacial score (nSPS) is 14.4. The predicted octanol–water partition coefficient (Wildman–Crippen LogP) is 2.85. The summed E-state index contributed by atoms with van der Waals surface area (Å²) in [6.45, 7) is 2.95. The zero-order chi connectivity index (χ0) is 15.4. The van der Waals surface area contributed by atoms with Crippen LogP contribution in [0, 0.1) is 0 Å². The lowest BCUT2D eigenvalue weighted by Crippen LogP contribution is -2.39. The number of imidazole rings is 1. The van der Waals surface area contributed by atoms with E-state index in [2.05, 4.69) is 60.5 Å². The second kappa shape index (κ2) is 7.07. The van der Waals surface area contributed by atoms with Gasteiger partial charge in [-0.15, -0.1) is 0 Å². The Kier molecular flexibility index (Phi) is 5.39. The van der Waals surface area contributed by atoms with Crippen LogP contribution < -0.4 is 5.32 Å². The van der Waals surface area contributed by atoms with Crippen LogP contribution in [-0.2, 0) is 13.6 Å². The summed E-state index contributed by atoms with van der Waals surface area (Å²) in [5.74, 6) is 0. The number of likely N-dealkylation sites (N-methyl/N-ethyl adjacent to an activating group) is 1. The largest absolute Gasteiger partial charge is 0.321 e. The zero-order valence-corrected chi connectivity index (χ0v) is 13.8. The number of benzene rings is 1. The van der Waals surface area contributed by atoms with E-state index in [-0.39, 0.29) is 0 Å². The molecule has 0 aliphatic heterocycles. The molecule has 0 radical (unpaired) electrons. The zero-order valence-electron chi connectivity index (χ0n) is 13.0. The lowest BCUT2D eigenvalue weighted by molar-refractivity contribution is 0.239. The number of halogens is 1. The van der Waals surface area contributed by atoms with Crippen molar-refractivity contribution in [2.45, 2.75) is 25.6 Å². The Morgan fingerprint density at radius 3 is 2.48 bits per heavy atom. The van der Waals surface area contributed by atoms with Crippen LogP contribution in [0.1, 0.15) is 24.2 Å². The number of rotatable bonds is 6. The molecule has 0 aliphatic carbocycles. The second-order valence-electron chi connectivity index (χ2n) is 5.57. The SMILES string of the molecule is CC(NCc1cnc(Cl)n1C)C(c1ccccc1)N(C)C. The van der Waals surface area contributed by atoms with Crippen LogP contribution in [0.25, 0.3) is 0 Å². The van der Waals surface area contributed by atoms with E-state index in [0.717, 1.165) is 12.2 Å². The average molecular weight is 307 g/mol. The third kappa shape index (κ3) is 3.84. The van der Waals surface area contributed by atoms with Gasteiger partial charge in [0.25, 0.3) is 0 Å². The Labute approximate surface area is 131 Å². The fourth-order valence-electron chi connectivity index (χ4n) is 2.65. The standard InChI is InChI=1S/C16H23ClN4/c1-12(18-10-14-11-19-16(17)21(14)4)15(20(2)3)13-8-6-5-7-9-13/h5-9,11-12,15,18H,10H2,1-4H3. The molecule has 1 N–H and O–H groups in total. The quantitative estimate of drug-likeness (QED) is 0.891. The van der Waals surface area contributed by atoms with E-state index in [1.165, 1.54) is 5.56 Å². The molecule has 0 bridgehead atoms. The molecule has 0 amide bonds. The molecule has 0 saturated heterocycles. The minimum Gasteiger partial charge on any atom is -0.321 e. The molecule has 1 aromatic carbocycles. The summed E-state index contributed by atoms with van der Waals surface area (Å²) in [5.41, 5.74) is 2.39. The molecule has 0 aliphatic rings. The van der Waals surface area contributed by atoms with Gasteiger partial charge in [0.05, 0.1) is 11.9 Å². The highest BCUT2D eigenvalue weighted by molar-refractivity contribution is 6.28. The molecule has 2 aromatic rings. The minimum atomic E-state index is 0.302. The van der Waals surface area contributed by atoms with Gasteiger partial charge in [-0.05, 0) is 38.2 Å². The molecule has 1 aromatic heterocycles. The van der Waals surface area contributed by atoms with Gasteiger partial charge in [-0.25, -0.2) is 4.98 Å². The van der Waals surface area contributed by atoms with Crippen LogP contribution in [0.15, 0.2) is 36.5 Å². The molecule has 2 rings (SSSR count). The van der Waals surface area contributed by atoms with E-state index in [1.807, 2.05) is 23.9 Å². The van der Waals surface area contributed by atoms with Gasteiger partial charge in [0, 0.05) is 25.7 Å². The van der Waals surface area contributed by atoms with Gasteiger partial charge in [0.15, 0.2) is 0 Å². The molecule has 2 unspecified atom stereocenters. The maximum atomic E-state index is 5.97. The van der Waals surface area contributed by atoms with Gasteiger partial charge in [-0.2, -0.15) is 0 Å². The highest BCUT2D eigenvalue weighted by atomic mass is 35.5. The van der Waals surface area contributed by atoms with Crippen molar-refractivity contribution in [2.75, 3.05) is 14.1 Å². The van der Waals surface area contributed by atoms with Crippen molar-refractivity contribution in [3.05, 3.63) is 53.1 Å². The molecule has 21 heavy (non-hydrogen) atoms. The van der Waals surface area contributed by atoms with Crippen molar-refractivity contribution >= 4 is 11.6 Å². The summed E-state index contributed by atoms with van der Waals surface area (Å²) < 4.78 is 1.90. The first kappa shape index (κ1) is 16.0. The Bertz CT molecular complexity index is 565. The molecular weight excluding hydrogens is 284 g/mol. The third-order valence-corrected chi connectivity index (χ3v) is 4.16. The summed E-state index contributed by atoms with van der Waals surface area (Å²) in [5, 5.41) is 4.09. The van der Waals surface area contributed by atoms with Gasteiger partial charge in [-0.3, -0.25) is 0 Å². The Morgan fingerprint density at radius 2 is 1.95 bits per heavy atom. The highest BCUT2D eigenvalue weighted by Gasteiger charge is 2.21. The summed E-state index contributed by atoms with van der Waals surface area (Å²) in [7, 11) is 6.14. The number of hydrogen-bond acceptors (Lipinski definition) is 3. The van der Waals surface area contributed by atoms with Crippen LogP contribution in [0.5, 0.6) is 0 Å². The van der Waals surface area contributed by atoms with Gasteiger partial charge in [0.2, 0.25) is 5.28 Å². The molecule has 0 spiro atoms. The first-order valence-electron chi connectivity index (χ1n) is 7.11. The van der Waals surface area contributed by atoms with E-state index in [1.54, 1.807) is 0 Å². The van der Waals surface area contributed by atoms with Crippen LogP contribution >= 0.6 is 11.6 Å². The maximum Gasteiger partial charge on any atom is 0.202 e. The molecule has 5 heteroatoms. The Balaban J connectivity index is 2.06. The van der Waals surface area contributed by atoms with Crippen molar-refractivity contribution < 1.29 is 0 Å². The number of nitrogens with zero attached hydrogens (tertiary/aromatic N) is 3. The number of hydrogen-bond donors (Lipinski definition) is 1. The van der Waals surface area contributed by atoms with Crippen molar-refractivity contribution in [3.63, 3.8) is 0 Å². The second-order valence-corrected chi connectivity index (χ2v) is 5.90. The van der Waals surface area contributed by atoms with Crippen LogP contribution in [0.3, 0.4) is 0 Å². The Hall–Kier alpha value is -1.36. The van der Waals surface area contributed by atoms with Gasteiger partial charge >= 0.3 is 0 Å². The van der Waals surface area contributed by atoms with Crippen molar-refractivity contribution in [1.29, 1.82) is 0 Å².